The number of benzene rings is 2. The Morgan fingerprint density at radius 1 is 1.03 bits per heavy atom. The molecule has 3 aliphatic rings. The number of carbonyl (C=O) groups excluding carboxylic acids is 1. The molecule has 0 radical (unpaired) electrons. The molecule has 1 fully saturated rings. The number of nitrogens with one attached hydrogen (secondary N) is 1. The van der Waals surface area contributed by atoms with Crippen LogP contribution < -0.4 is 24.4 Å². The first-order valence-corrected chi connectivity index (χ1v) is 10.3. The van der Waals surface area contributed by atoms with Crippen molar-refractivity contribution in [2.45, 2.75) is 44.1 Å². The fourth-order valence-corrected chi connectivity index (χ4v) is 4.51. The van der Waals surface area contributed by atoms with Gasteiger partial charge in [-0.05, 0) is 43.4 Å². The normalized spacial score (nSPS) is 20.3. The Kier molecular flexibility index (Phi) is 4.49. The molecule has 0 saturated heterocycles. The zero-order chi connectivity index (χ0) is 20.0. The molecule has 2 aromatic rings. The van der Waals surface area contributed by atoms with Crippen LogP contribution in [-0.2, 0) is 4.79 Å². The highest BCUT2D eigenvalue weighted by atomic mass is 16.7. The Balaban J connectivity index is 1.59. The van der Waals surface area contributed by atoms with Crippen molar-refractivity contribution in [1.29, 1.82) is 0 Å². The second-order valence-electron chi connectivity index (χ2n) is 8.24. The fraction of sp³-hybridized carbons (Fsp3) is 0.435. The molecule has 0 spiro atoms. The van der Waals surface area contributed by atoms with Crippen LogP contribution in [0.25, 0.3) is 0 Å². The number of nitrogens with zero attached hydrogens (tertiary/aromatic N) is 1. The van der Waals surface area contributed by atoms with E-state index in [-0.39, 0.29) is 24.7 Å². The highest BCUT2D eigenvalue weighted by molar-refractivity contribution is 5.96. The topological polar surface area (TPSA) is 60.0 Å². The lowest BCUT2D eigenvalue weighted by Gasteiger charge is -2.29. The van der Waals surface area contributed by atoms with Crippen LogP contribution in [0.4, 0.5) is 11.4 Å². The van der Waals surface area contributed by atoms with E-state index in [4.69, 9.17) is 14.2 Å². The summed E-state index contributed by atoms with van der Waals surface area (Å²) >= 11 is 0. The molecule has 0 bridgehead atoms. The Morgan fingerprint density at radius 2 is 1.79 bits per heavy atom. The molecule has 0 aromatic heterocycles. The summed E-state index contributed by atoms with van der Waals surface area (Å²) < 4.78 is 17.6. The summed E-state index contributed by atoms with van der Waals surface area (Å²) in [5, 5.41) is 2.99. The van der Waals surface area contributed by atoms with E-state index in [9.17, 15) is 4.79 Å². The summed E-state index contributed by atoms with van der Waals surface area (Å²) in [6, 6.07) is 10.2. The summed E-state index contributed by atoms with van der Waals surface area (Å²) in [5.74, 6) is 2.21. The molecule has 2 heterocycles. The standard InChI is InChI=1S/C23H26N2O4/c1-25(2)14-7-8-16(20(9-14)29-15-5-3-4-6-15)17-11-23(26)24-19-12-22-21(10-18(17)19)27-13-28-22/h7-10,12,15,17H,3-6,11,13H2,1-2H3,(H,24,26). The second kappa shape index (κ2) is 7.17. The minimum atomic E-state index is -0.0825. The van der Waals surface area contributed by atoms with Gasteiger partial charge < -0.3 is 24.4 Å². The molecule has 1 amide bonds. The van der Waals surface area contributed by atoms with E-state index in [1.54, 1.807) is 0 Å². The molecule has 2 aromatic carbocycles. The SMILES string of the molecule is CN(C)c1ccc(C2CC(=O)Nc3cc4c(cc32)OCO4)c(OC2CCCC2)c1. The monoisotopic (exact) mass is 394 g/mol. The van der Waals surface area contributed by atoms with Gasteiger partial charge in [-0.3, -0.25) is 4.79 Å². The molecule has 2 aliphatic heterocycles. The molecule has 1 saturated carbocycles. The van der Waals surface area contributed by atoms with E-state index in [2.05, 4.69) is 28.4 Å². The molecular weight excluding hydrogens is 368 g/mol. The number of carbonyl (C=O) groups is 1. The minimum absolute atomic E-state index is 0.00451. The van der Waals surface area contributed by atoms with Gasteiger partial charge in [-0.2, -0.15) is 0 Å². The predicted molar refractivity (Wildman–Crippen MR) is 111 cm³/mol. The van der Waals surface area contributed by atoms with Crippen LogP contribution in [0.1, 0.15) is 49.1 Å². The van der Waals surface area contributed by atoms with Gasteiger partial charge in [0.1, 0.15) is 5.75 Å². The van der Waals surface area contributed by atoms with Crippen molar-refractivity contribution in [3.63, 3.8) is 0 Å². The van der Waals surface area contributed by atoms with Gasteiger partial charge in [0.25, 0.3) is 0 Å². The van der Waals surface area contributed by atoms with Gasteiger partial charge in [-0.1, -0.05) is 6.07 Å². The van der Waals surface area contributed by atoms with Crippen molar-refractivity contribution in [3.8, 4) is 17.2 Å². The maximum absolute atomic E-state index is 12.5. The molecule has 1 atom stereocenters. The summed E-state index contributed by atoms with van der Waals surface area (Å²) in [6.07, 6.45) is 5.24. The molecular formula is C23H26N2O4. The number of rotatable bonds is 4. The van der Waals surface area contributed by atoms with Gasteiger partial charge in [0.2, 0.25) is 12.7 Å². The first kappa shape index (κ1) is 18.2. The third-order valence-electron chi connectivity index (χ3n) is 6.07. The number of hydrogen-bond donors (Lipinski definition) is 1. The molecule has 6 heteroatoms. The average Bonchev–Trinajstić information content (AvgIpc) is 3.37. The van der Waals surface area contributed by atoms with Gasteiger partial charge in [0.15, 0.2) is 11.5 Å². The van der Waals surface area contributed by atoms with Gasteiger partial charge in [-0.25, -0.2) is 0 Å². The maximum Gasteiger partial charge on any atom is 0.231 e. The van der Waals surface area contributed by atoms with Crippen LogP contribution in [0, 0.1) is 0 Å². The number of ether oxygens (including phenoxy) is 3. The molecule has 1 N–H and O–H groups in total. The van der Waals surface area contributed by atoms with E-state index >= 15 is 0 Å². The molecule has 1 unspecified atom stereocenters. The van der Waals surface area contributed by atoms with Crippen LogP contribution in [0.15, 0.2) is 30.3 Å². The van der Waals surface area contributed by atoms with Crippen LogP contribution in [0.2, 0.25) is 0 Å². The maximum atomic E-state index is 12.5. The predicted octanol–water partition coefficient (Wildman–Crippen LogP) is 4.28. The molecule has 29 heavy (non-hydrogen) atoms. The van der Waals surface area contributed by atoms with Crippen molar-refractivity contribution in [2.75, 3.05) is 31.1 Å². The van der Waals surface area contributed by atoms with Crippen LogP contribution in [0.3, 0.4) is 0 Å². The number of hydrogen-bond acceptors (Lipinski definition) is 5. The Bertz CT molecular complexity index is 950. The Hall–Kier alpha value is -2.89. The van der Waals surface area contributed by atoms with Gasteiger partial charge in [0.05, 0.1) is 6.10 Å². The zero-order valence-corrected chi connectivity index (χ0v) is 16.9. The van der Waals surface area contributed by atoms with Crippen molar-refractivity contribution in [3.05, 3.63) is 41.5 Å². The van der Waals surface area contributed by atoms with Gasteiger partial charge in [0, 0.05) is 55.5 Å². The van der Waals surface area contributed by atoms with Crippen LogP contribution in [0.5, 0.6) is 17.2 Å². The first-order valence-electron chi connectivity index (χ1n) is 10.3. The molecule has 6 nitrogen and oxygen atoms in total. The van der Waals surface area contributed by atoms with Crippen molar-refractivity contribution >= 4 is 17.3 Å². The van der Waals surface area contributed by atoms with E-state index in [0.29, 0.717) is 12.2 Å². The van der Waals surface area contributed by atoms with Crippen LogP contribution >= 0.6 is 0 Å². The quantitative estimate of drug-likeness (QED) is 0.839. The summed E-state index contributed by atoms with van der Waals surface area (Å²) in [5.41, 5.74) is 3.98. The highest BCUT2D eigenvalue weighted by Crippen LogP contribution is 2.47. The lowest BCUT2D eigenvalue weighted by Crippen LogP contribution is -2.24. The van der Waals surface area contributed by atoms with Gasteiger partial charge in [-0.15, -0.1) is 0 Å². The summed E-state index contributed by atoms with van der Waals surface area (Å²) in [7, 11) is 4.05. The molecule has 152 valence electrons. The third kappa shape index (κ3) is 3.37. The van der Waals surface area contributed by atoms with E-state index in [0.717, 1.165) is 46.8 Å². The summed E-state index contributed by atoms with van der Waals surface area (Å²) in [4.78, 5) is 14.6. The number of anilines is 2. The zero-order valence-electron chi connectivity index (χ0n) is 16.9. The van der Waals surface area contributed by atoms with Crippen LogP contribution in [-0.4, -0.2) is 32.9 Å². The number of amides is 1. The summed E-state index contributed by atoms with van der Waals surface area (Å²) in [6.45, 7) is 0.213. The van der Waals surface area contributed by atoms with Crippen molar-refractivity contribution < 1.29 is 19.0 Å². The van der Waals surface area contributed by atoms with Crippen molar-refractivity contribution in [2.24, 2.45) is 0 Å². The lowest BCUT2D eigenvalue weighted by molar-refractivity contribution is -0.116. The largest absolute Gasteiger partial charge is 0.490 e. The number of fused-ring (bicyclic) bond motifs is 2. The van der Waals surface area contributed by atoms with E-state index in [1.165, 1.54) is 12.8 Å². The second-order valence-corrected chi connectivity index (χ2v) is 8.24. The molecule has 1 aliphatic carbocycles. The Morgan fingerprint density at radius 3 is 2.55 bits per heavy atom. The lowest BCUT2D eigenvalue weighted by atomic mass is 9.84. The van der Waals surface area contributed by atoms with E-state index < -0.39 is 0 Å². The first-order chi connectivity index (χ1) is 14.1. The van der Waals surface area contributed by atoms with E-state index in [1.807, 2.05) is 26.2 Å². The Labute approximate surface area is 170 Å². The minimum Gasteiger partial charge on any atom is -0.490 e. The van der Waals surface area contributed by atoms with Crippen molar-refractivity contribution in [1.82, 2.24) is 0 Å². The molecule has 5 rings (SSSR count). The smallest absolute Gasteiger partial charge is 0.231 e. The van der Waals surface area contributed by atoms with Gasteiger partial charge >= 0.3 is 0 Å². The fourth-order valence-electron chi connectivity index (χ4n) is 4.51. The average molecular weight is 394 g/mol. The third-order valence-corrected chi connectivity index (χ3v) is 6.07. The highest BCUT2D eigenvalue weighted by Gasteiger charge is 2.32.